The fourth-order valence-corrected chi connectivity index (χ4v) is 4.58. The third-order valence-corrected chi connectivity index (χ3v) is 6.02. The van der Waals surface area contributed by atoms with Crippen molar-refractivity contribution in [1.82, 2.24) is 14.8 Å². The lowest BCUT2D eigenvalue weighted by Gasteiger charge is -2.22. The van der Waals surface area contributed by atoms with Crippen LogP contribution in [0.1, 0.15) is 32.3 Å². The zero-order valence-electron chi connectivity index (χ0n) is 14.8. The number of nitrogens with one attached hydrogen (secondary N) is 1. The Hall–Kier alpha value is -2.42. The summed E-state index contributed by atoms with van der Waals surface area (Å²) in [5, 5.41) is 5.45. The molecule has 140 valence electrons. The molecule has 1 aliphatic rings. The predicted molar refractivity (Wildman–Crippen MR) is 96.9 cm³/mol. The zero-order chi connectivity index (χ0) is 18.9. The number of carbonyl (C=O) groups is 1. The minimum Gasteiger partial charge on any atom is -0.308 e. The van der Waals surface area contributed by atoms with Gasteiger partial charge >= 0.3 is 5.69 Å². The number of hydrogen-bond acceptors (Lipinski definition) is 5. The van der Waals surface area contributed by atoms with Gasteiger partial charge in [0, 0.05) is 18.3 Å². The molecule has 0 fully saturated rings. The van der Waals surface area contributed by atoms with Gasteiger partial charge in [0.05, 0.1) is 0 Å². The summed E-state index contributed by atoms with van der Waals surface area (Å²) in [6.45, 7) is 4.07. The molecule has 1 atom stereocenters. The van der Waals surface area contributed by atoms with Crippen LogP contribution in [0.3, 0.4) is 0 Å². The largest absolute Gasteiger partial charge is 0.344 e. The first-order chi connectivity index (χ1) is 12.3. The van der Waals surface area contributed by atoms with E-state index in [-0.39, 0.29) is 17.7 Å². The van der Waals surface area contributed by atoms with Crippen molar-refractivity contribution < 1.29 is 13.2 Å². The minimum absolute atomic E-state index is 0.114. The summed E-state index contributed by atoms with van der Waals surface area (Å²) in [6.07, 6.45) is 2.14. The number of H-pyrrole nitrogens is 1. The van der Waals surface area contributed by atoms with Gasteiger partial charge in [-0.1, -0.05) is 31.5 Å². The number of carbonyl (C=O) groups excluding carboxylic acids is 1. The topological polar surface area (TPSA) is 105 Å². The number of sulfone groups is 1. The van der Waals surface area contributed by atoms with Crippen molar-refractivity contribution in [3.05, 3.63) is 40.3 Å². The SMILES string of the molecule is CCCCn1c(S(=O)(=O)CC(=O)N2c3ccccc3CC2C)n[nH]c1=O. The predicted octanol–water partition coefficient (Wildman–Crippen LogP) is 1.12. The van der Waals surface area contributed by atoms with Gasteiger partial charge < -0.3 is 4.90 Å². The highest BCUT2D eigenvalue weighted by atomic mass is 32.2. The Labute approximate surface area is 151 Å². The first-order valence-corrected chi connectivity index (χ1v) is 10.3. The summed E-state index contributed by atoms with van der Waals surface area (Å²) >= 11 is 0. The highest BCUT2D eigenvalue weighted by molar-refractivity contribution is 7.92. The molecule has 0 saturated heterocycles. The van der Waals surface area contributed by atoms with Crippen molar-refractivity contribution >= 4 is 21.4 Å². The van der Waals surface area contributed by atoms with Gasteiger partial charge in [0.25, 0.3) is 5.16 Å². The van der Waals surface area contributed by atoms with Gasteiger partial charge in [-0.3, -0.25) is 9.36 Å². The fourth-order valence-electron chi connectivity index (χ4n) is 3.30. The van der Waals surface area contributed by atoms with Crippen molar-refractivity contribution in [2.75, 3.05) is 10.7 Å². The zero-order valence-corrected chi connectivity index (χ0v) is 15.6. The van der Waals surface area contributed by atoms with E-state index in [1.807, 2.05) is 38.1 Å². The Balaban J connectivity index is 1.87. The van der Waals surface area contributed by atoms with Gasteiger partial charge in [0.2, 0.25) is 15.7 Å². The average Bonchev–Trinajstić information content (AvgIpc) is 3.11. The first kappa shape index (κ1) is 18.4. The highest BCUT2D eigenvalue weighted by Gasteiger charge is 2.35. The van der Waals surface area contributed by atoms with E-state index in [1.54, 1.807) is 0 Å². The molecule has 0 saturated carbocycles. The Morgan fingerprint density at radius 2 is 2.08 bits per heavy atom. The molecular weight excluding hydrogens is 356 g/mol. The van der Waals surface area contributed by atoms with Crippen LogP contribution in [0.4, 0.5) is 5.69 Å². The molecule has 9 heteroatoms. The number of fused-ring (bicyclic) bond motifs is 1. The first-order valence-electron chi connectivity index (χ1n) is 8.63. The fraction of sp³-hybridized carbons (Fsp3) is 0.471. The molecule has 0 bridgehead atoms. The van der Waals surface area contributed by atoms with Crippen molar-refractivity contribution in [1.29, 1.82) is 0 Å². The number of hydrogen-bond donors (Lipinski definition) is 1. The number of rotatable bonds is 6. The van der Waals surface area contributed by atoms with Gasteiger partial charge in [-0.25, -0.2) is 18.3 Å². The molecule has 1 aromatic carbocycles. The van der Waals surface area contributed by atoms with Gasteiger partial charge in [0.15, 0.2) is 0 Å². The van der Waals surface area contributed by atoms with E-state index >= 15 is 0 Å². The van der Waals surface area contributed by atoms with Crippen LogP contribution in [-0.4, -0.2) is 40.9 Å². The number of para-hydroxylation sites is 1. The molecule has 2 heterocycles. The van der Waals surface area contributed by atoms with Crippen molar-refractivity contribution in [3.63, 3.8) is 0 Å². The number of aromatic amines is 1. The second-order valence-electron chi connectivity index (χ2n) is 6.52. The Morgan fingerprint density at radius 3 is 2.81 bits per heavy atom. The molecule has 1 unspecified atom stereocenters. The number of anilines is 1. The standard InChI is InChI=1S/C17H22N4O4S/c1-3-4-9-20-16(23)18-19-17(20)26(24,25)11-15(22)21-12(2)10-13-7-5-6-8-14(13)21/h5-8,12H,3-4,9-11H2,1-2H3,(H,18,23). The van der Waals surface area contributed by atoms with Gasteiger partial charge in [-0.05, 0) is 31.4 Å². The molecule has 1 N–H and O–H groups in total. The minimum atomic E-state index is -4.03. The van der Waals surface area contributed by atoms with Crippen LogP contribution >= 0.6 is 0 Å². The second-order valence-corrected chi connectivity index (χ2v) is 8.40. The smallest absolute Gasteiger partial charge is 0.308 e. The highest BCUT2D eigenvalue weighted by Crippen LogP contribution is 2.32. The van der Waals surface area contributed by atoms with Gasteiger partial charge in [-0.2, -0.15) is 0 Å². The third-order valence-electron chi connectivity index (χ3n) is 4.53. The maximum Gasteiger partial charge on any atom is 0.344 e. The number of aromatic nitrogens is 3. The summed E-state index contributed by atoms with van der Waals surface area (Å²) in [7, 11) is -4.03. The van der Waals surface area contributed by atoms with Crippen molar-refractivity contribution in [3.8, 4) is 0 Å². The summed E-state index contributed by atoms with van der Waals surface area (Å²) in [5.41, 5.74) is 1.18. The van der Waals surface area contributed by atoms with Crippen LogP contribution in [0.2, 0.25) is 0 Å². The van der Waals surface area contributed by atoms with E-state index in [0.717, 1.165) is 22.2 Å². The Kier molecular flexibility index (Phi) is 4.99. The van der Waals surface area contributed by atoms with Gasteiger partial charge in [-0.15, -0.1) is 5.10 Å². The van der Waals surface area contributed by atoms with Crippen LogP contribution in [-0.2, 0) is 27.6 Å². The molecule has 3 rings (SSSR count). The van der Waals surface area contributed by atoms with E-state index in [9.17, 15) is 18.0 Å². The van der Waals surface area contributed by atoms with Crippen LogP contribution in [0.15, 0.2) is 34.2 Å². The van der Waals surface area contributed by atoms with Crippen molar-refractivity contribution in [2.24, 2.45) is 0 Å². The van der Waals surface area contributed by atoms with Crippen LogP contribution in [0.5, 0.6) is 0 Å². The molecule has 0 radical (unpaired) electrons. The van der Waals surface area contributed by atoms with Gasteiger partial charge in [0.1, 0.15) is 5.75 Å². The third kappa shape index (κ3) is 3.31. The van der Waals surface area contributed by atoms with E-state index in [0.29, 0.717) is 12.8 Å². The molecule has 8 nitrogen and oxygen atoms in total. The molecule has 1 aromatic heterocycles. The molecule has 0 spiro atoms. The Morgan fingerprint density at radius 1 is 1.35 bits per heavy atom. The lowest BCUT2D eigenvalue weighted by Crippen LogP contribution is -2.40. The summed E-state index contributed by atoms with van der Waals surface area (Å²) in [4.78, 5) is 26.1. The molecule has 0 aliphatic carbocycles. The van der Waals surface area contributed by atoms with Crippen LogP contribution in [0, 0.1) is 0 Å². The number of unbranched alkanes of at least 4 members (excludes halogenated alkanes) is 1. The lowest BCUT2D eigenvalue weighted by atomic mass is 10.1. The van der Waals surface area contributed by atoms with Crippen LogP contribution in [0.25, 0.3) is 0 Å². The summed E-state index contributed by atoms with van der Waals surface area (Å²) in [6, 6.07) is 7.35. The number of amides is 1. The maximum absolute atomic E-state index is 12.8. The number of nitrogens with zero attached hydrogens (tertiary/aromatic N) is 3. The van der Waals surface area contributed by atoms with E-state index in [4.69, 9.17) is 0 Å². The quantitative estimate of drug-likeness (QED) is 0.811. The molecule has 26 heavy (non-hydrogen) atoms. The molecule has 1 aliphatic heterocycles. The van der Waals surface area contributed by atoms with E-state index in [2.05, 4.69) is 10.2 Å². The average molecular weight is 378 g/mol. The maximum atomic E-state index is 12.8. The molecule has 2 aromatic rings. The number of benzene rings is 1. The molecular formula is C17H22N4O4S. The molecule has 1 amide bonds. The van der Waals surface area contributed by atoms with E-state index in [1.165, 1.54) is 4.90 Å². The lowest BCUT2D eigenvalue weighted by molar-refractivity contribution is -0.116. The normalized spacial score (nSPS) is 16.7. The monoisotopic (exact) mass is 378 g/mol. The Bertz CT molecular complexity index is 977. The summed E-state index contributed by atoms with van der Waals surface area (Å²) in [5.74, 6) is -1.23. The summed E-state index contributed by atoms with van der Waals surface area (Å²) < 4.78 is 26.5. The van der Waals surface area contributed by atoms with Crippen molar-refractivity contribution in [2.45, 2.75) is 50.9 Å². The second kappa shape index (κ2) is 7.06. The van der Waals surface area contributed by atoms with E-state index < -0.39 is 27.2 Å². The van der Waals surface area contributed by atoms with Crippen LogP contribution < -0.4 is 10.6 Å².